The topological polar surface area (TPSA) is 78.5 Å². The first-order valence-corrected chi connectivity index (χ1v) is 9.50. The van der Waals surface area contributed by atoms with Gasteiger partial charge in [0.2, 0.25) is 17.7 Å². The van der Waals surface area contributed by atoms with Crippen LogP contribution in [0.3, 0.4) is 0 Å². The molecule has 0 unspecified atom stereocenters. The van der Waals surface area contributed by atoms with Crippen LogP contribution < -0.4 is 10.6 Å². The number of amides is 3. The standard InChI is InChI=1S/C20H24FN3O3/c1-5-10(4)24-17(25)14-15(18(24)26)20(23-16(14)9(2)3)12-8-11(21)6-7-13(12)22-19(20)27/h6-10,14-16,23H,5H2,1-4H3,(H,22,27)/t10-,14-,15-,16-,20-/m0/s1. The SMILES string of the molecule is CC[C@H](C)N1C(=O)[C@H]2[C@@H](C1=O)[C@]1(N[C@H]2C(C)C)C(=O)Nc2ccc(F)cc21. The maximum atomic E-state index is 14.0. The van der Waals surface area contributed by atoms with Gasteiger partial charge in [0.05, 0.1) is 11.8 Å². The number of hydrogen-bond donors (Lipinski definition) is 2. The molecule has 3 amide bonds. The molecule has 27 heavy (non-hydrogen) atoms. The van der Waals surface area contributed by atoms with Crippen LogP contribution in [0, 0.1) is 23.6 Å². The molecule has 2 saturated heterocycles. The van der Waals surface area contributed by atoms with Crippen LogP contribution in [0.4, 0.5) is 10.1 Å². The van der Waals surface area contributed by atoms with Gasteiger partial charge in [-0.1, -0.05) is 20.8 Å². The highest BCUT2D eigenvalue weighted by Crippen LogP contribution is 2.54. The van der Waals surface area contributed by atoms with Crippen LogP contribution in [0.15, 0.2) is 18.2 Å². The van der Waals surface area contributed by atoms with Crippen molar-refractivity contribution in [2.24, 2.45) is 17.8 Å². The van der Waals surface area contributed by atoms with Crippen molar-refractivity contribution in [2.45, 2.75) is 51.7 Å². The lowest BCUT2D eigenvalue weighted by Crippen LogP contribution is -2.54. The molecular formula is C20H24FN3O3. The highest BCUT2D eigenvalue weighted by molar-refractivity contribution is 6.15. The lowest BCUT2D eigenvalue weighted by Gasteiger charge is -2.31. The average molecular weight is 373 g/mol. The number of fused-ring (bicyclic) bond motifs is 4. The van der Waals surface area contributed by atoms with Crippen molar-refractivity contribution < 1.29 is 18.8 Å². The minimum Gasteiger partial charge on any atom is -0.324 e. The molecule has 144 valence electrons. The number of carbonyl (C=O) groups is 3. The summed E-state index contributed by atoms with van der Waals surface area (Å²) >= 11 is 0. The molecule has 0 aliphatic carbocycles. The van der Waals surface area contributed by atoms with Gasteiger partial charge in [0, 0.05) is 23.3 Å². The Kier molecular flexibility index (Phi) is 3.93. The number of hydrogen-bond acceptors (Lipinski definition) is 4. The van der Waals surface area contributed by atoms with Crippen LogP contribution >= 0.6 is 0 Å². The highest BCUT2D eigenvalue weighted by Gasteiger charge is 2.71. The first-order chi connectivity index (χ1) is 12.7. The summed E-state index contributed by atoms with van der Waals surface area (Å²) in [4.78, 5) is 41.0. The molecule has 3 aliphatic rings. The fourth-order valence-corrected chi connectivity index (χ4v) is 4.92. The number of benzene rings is 1. The zero-order chi connectivity index (χ0) is 19.7. The molecule has 1 spiro atoms. The number of imide groups is 1. The number of anilines is 1. The van der Waals surface area contributed by atoms with E-state index in [1.807, 2.05) is 27.7 Å². The fraction of sp³-hybridized carbons (Fsp3) is 0.550. The summed E-state index contributed by atoms with van der Waals surface area (Å²) in [6.07, 6.45) is 0.640. The van der Waals surface area contributed by atoms with Crippen LogP contribution in [0.25, 0.3) is 0 Å². The van der Waals surface area contributed by atoms with Gasteiger partial charge in [-0.05, 0) is 37.5 Å². The Morgan fingerprint density at radius 1 is 1.19 bits per heavy atom. The summed E-state index contributed by atoms with van der Waals surface area (Å²) in [6, 6.07) is 3.49. The molecule has 0 bridgehead atoms. The lowest BCUT2D eigenvalue weighted by atomic mass is 9.76. The summed E-state index contributed by atoms with van der Waals surface area (Å²) in [5.41, 5.74) is -0.511. The summed E-state index contributed by atoms with van der Waals surface area (Å²) in [6.45, 7) is 7.66. The van der Waals surface area contributed by atoms with Crippen molar-refractivity contribution in [2.75, 3.05) is 5.32 Å². The van der Waals surface area contributed by atoms with Gasteiger partial charge in [-0.25, -0.2) is 4.39 Å². The minimum absolute atomic E-state index is 0.0240. The molecule has 3 heterocycles. The van der Waals surface area contributed by atoms with Gasteiger partial charge in [-0.2, -0.15) is 0 Å². The molecular weight excluding hydrogens is 349 g/mol. The van der Waals surface area contributed by atoms with E-state index in [4.69, 9.17) is 0 Å². The van der Waals surface area contributed by atoms with E-state index in [2.05, 4.69) is 10.6 Å². The Balaban J connectivity index is 1.92. The third-order valence-corrected chi connectivity index (χ3v) is 6.40. The first kappa shape index (κ1) is 18.1. The van der Waals surface area contributed by atoms with E-state index in [1.54, 1.807) is 0 Å². The van der Waals surface area contributed by atoms with Gasteiger partial charge in [-0.3, -0.25) is 24.6 Å². The maximum absolute atomic E-state index is 14.0. The van der Waals surface area contributed by atoms with Crippen LogP contribution in [-0.4, -0.2) is 34.7 Å². The second kappa shape index (κ2) is 5.86. The predicted octanol–water partition coefficient (Wildman–Crippen LogP) is 2.00. The van der Waals surface area contributed by atoms with Gasteiger partial charge < -0.3 is 5.32 Å². The van der Waals surface area contributed by atoms with Crippen LogP contribution in [0.1, 0.15) is 39.7 Å². The summed E-state index contributed by atoms with van der Waals surface area (Å²) in [5, 5.41) is 6.07. The van der Waals surface area contributed by atoms with E-state index in [0.29, 0.717) is 17.7 Å². The molecule has 5 atom stereocenters. The van der Waals surface area contributed by atoms with Gasteiger partial charge in [0.15, 0.2) is 0 Å². The molecule has 3 aliphatic heterocycles. The van der Waals surface area contributed by atoms with E-state index in [-0.39, 0.29) is 29.8 Å². The maximum Gasteiger partial charge on any atom is 0.250 e. The largest absolute Gasteiger partial charge is 0.324 e. The van der Waals surface area contributed by atoms with Gasteiger partial charge in [-0.15, -0.1) is 0 Å². The minimum atomic E-state index is -1.41. The van der Waals surface area contributed by atoms with Crippen LogP contribution in [0.5, 0.6) is 0 Å². The third-order valence-electron chi connectivity index (χ3n) is 6.40. The van der Waals surface area contributed by atoms with Crippen molar-refractivity contribution in [3.8, 4) is 0 Å². The number of halogens is 1. The molecule has 4 rings (SSSR count). The van der Waals surface area contributed by atoms with E-state index in [1.165, 1.54) is 23.1 Å². The molecule has 0 aromatic heterocycles. The Labute approximate surface area is 157 Å². The van der Waals surface area contributed by atoms with Gasteiger partial charge >= 0.3 is 0 Å². The predicted molar refractivity (Wildman–Crippen MR) is 97.1 cm³/mol. The second-order valence-corrected chi connectivity index (χ2v) is 8.17. The molecule has 1 aromatic rings. The Morgan fingerprint density at radius 3 is 2.52 bits per heavy atom. The van der Waals surface area contributed by atoms with Crippen LogP contribution in [0.2, 0.25) is 0 Å². The van der Waals surface area contributed by atoms with Crippen molar-refractivity contribution >= 4 is 23.4 Å². The second-order valence-electron chi connectivity index (χ2n) is 8.17. The van der Waals surface area contributed by atoms with Crippen molar-refractivity contribution in [1.82, 2.24) is 10.2 Å². The number of likely N-dealkylation sites (tertiary alicyclic amines) is 1. The van der Waals surface area contributed by atoms with E-state index in [9.17, 15) is 18.8 Å². The number of nitrogens with zero attached hydrogens (tertiary/aromatic N) is 1. The normalized spacial score (nSPS) is 33.0. The van der Waals surface area contributed by atoms with Crippen LogP contribution in [-0.2, 0) is 19.9 Å². The molecule has 1 aromatic carbocycles. The lowest BCUT2D eigenvalue weighted by molar-refractivity contribution is -0.145. The molecule has 0 radical (unpaired) electrons. The quantitative estimate of drug-likeness (QED) is 0.795. The number of nitrogens with one attached hydrogen (secondary N) is 2. The van der Waals surface area contributed by atoms with Crippen molar-refractivity contribution in [3.05, 3.63) is 29.6 Å². The zero-order valence-electron chi connectivity index (χ0n) is 15.9. The Bertz CT molecular complexity index is 855. The Morgan fingerprint density at radius 2 is 1.89 bits per heavy atom. The number of carbonyl (C=O) groups excluding carboxylic acids is 3. The van der Waals surface area contributed by atoms with E-state index < -0.39 is 29.1 Å². The zero-order valence-corrected chi connectivity index (χ0v) is 15.9. The smallest absolute Gasteiger partial charge is 0.250 e. The van der Waals surface area contributed by atoms with Gasteiger partial charge in [0.25, 0.3) is 0 Å². The Hall–Kier alpha value is -2.28. The molecule has 0 saturated carbocycles. The molecule has 6 nitrogen and oxygen atoms in total. The molecule has 7 heteroatoms. The summed E-state index contributed by atoms with van der Waals surface area (Å²) in [5.74, 6) is -2.93. The van der Waals surface area contributed by atoms with E-state index >= 15 is 0 Å². The summed E-state index contributed by atoms with van der Waals surface area (Å²) < 4.78 is 14.0. The summed E-state index contributed by atoms with van der Waals surface area (Å²) in [7, 11) is 0. The third kappa shape index (κ3) is 2.18. The fourth-order valence-electron chi connectivity index (χ4n) is 4.92. The van der Waals surface area contributed by atoms with E-state index in [0.717, 1.165) is 0 Å². The molecule has 2 fully saturated rings. The van der Waals surface area contributed by atoms with Crippen molar-refractivity contribution in [3.63, 3.8) is 0 Å². The average Bonchev–Trinajstić information content (AvgIpc) is 3.20. The first-order valence-electron chi connectivity index (χ1n) is 9.50. The number of rotatable bonds is 3. The van der Waals surface area contributed by atoms with Gasteiger partial charge in [0.1, 0.15) is 11.4 Å². The molecule has 2 N–H and O–H groups in total. The van der Waals surface area contributed by atoms with Crippen molar-refractivity contribution in [1.29, 1.82) is 0 Å². The monoisotopic (exact) mass is 373 g/mol. The highest BCUT2D eigenvalue weighted by atomic mass is 19.1.